The summed E-state index contributed by atoms with van der Waals surface area (Å²) in [6, 6.07) is 24.5. The number of halogens is 2. The van der Waals surface area contributed by atoms with Gasteiger partial charge in [-0.3, -0.25) is 4.57 Å². The second-order valence-electron chi connectivity index (χ2n) is 6.51. The number of allylic oxidation sites excluding steroid dienone is 1. The van der Waals surface area contributed by atoms with Crippen LogP contribution in [0, 0.1) is 0 Å². The Labute approximate surface area is 170 Å². The predicted octanol–water partition coefficient (Wildman–Crippen LogP) is 6.51. The molecule has 0 radical (unpaired) electrons. The predicted molar refractivity (Wildman–Crippen MR) is 115 cm³/mol. The van der Waals surface area contributed by atoms with Gasteiger partial charge in [-0.2, -0.15) is 0 Å². The van der Waals surface area contributed by atoms with Gasteiger partial charge in [-0.05, 0) is 53.6 Å². The van der Waals surface area contributed by atoms with Gasteiger partial charge in [-0.25, -0.2) is 4.98 Å². The summed E-state index contributed by atoms with van der Waals surface area (Å²) in [6.45, 7) is 0. The highest BCUT2D eigenvalue weighted by Gasteiger charge is 2.25. The van der Waals surface area contributed by atoms with E-state index in [1.807, 2.05) is 48.5 Å². The van der Waals surface area contributed by atoms with Gasteiger partial charge >= 0.3 is 0 Å². The number of hydrogen-bond acceptors (Lipinski definition) is 2. The van der Waals surface area contributed by atoms with E-state index >= 15 is 0 Å². The van der Waals surface area contributed by atoms with Crippen LogP contribution in [0.4, 0.5) is 5.95 Å². The van der Waals surface area contributed by atoms with Crippen LogP contribution in [-0.2, 0) is 0 Å². The first kappa shape index (κ1) is 16.6. The van der Waals surface area contributed by atoms with E-state index in [0.717, 1.165) is 37.7 Å². The van der Waals surface area contributed by atoms with E-state index in [-0.39, 0.29) is 6.04 Å². The number of para-hydroxylation sites is 2. The van der Waals surface area contributed by atoms with Crippen molar-refractivity contribution in [2.45, 2.75) is 6.04 Å². The fourth-order valence-corrected chi connectivity index (χ4v) is 4.09. The van der Waals surface area contributed by atoms with E-state index in [9.17, 15) is 0 Å². The molecule has 0 aliphatic carbocycles. The molecule has 1 atom stereocenters. The molecule has 0 saturated heterocycles. The van der Waals surface area contributed by atoms with Crippen molar-refractivity contribution in [2.75, 3.05) is 5.32 Å². The molecule has 0 bridgehead atoms. The van der Waals surface area contributed by atoms with Gasteiger partial charge in [0.05, 0.1) is 17.1 Å². The molecule has 132 valence electrons. The van der Waals surface area contributed by atoms with Crippen molar-refractivity contribution in [3.8, 4) is 0 Å². The van der Waals surface area contributed by atoms with Crippen LogP contribution in [0.3, 0.4) is 0 Å². The molecule has 0 unspecified atom stereocenters. The van der Waals surface area contributed by atoms with E-state index in [1.54, 1.807) is 0 Å². The lowest BCUT2D eigenvalue weighted by Crippen LogP contribution is -2.19. The van der Waals surface area contributed by atoms with Crippen molar-refractivity contribution in [3.05, 3.63) is 99.5 Å². The third-order valence-corrected chi connectivity index (χ3v) is 5.54. The smallest absolute Gasteiger partial charge is 0.209 e. The number of hydrogen-bond donors (Lipinski definition) is 1. The minimum atomic E-state index is 0.0387. The minimum absolute atomic E-state index is 0.0387. The second kappa shape index (κ2) is 6.55. The molecule has 1 N–H and O–H groups in total. The number of benzene rings is 3. The zero-order valence-electron chi connectivity index (χ0n) is 14.2. The molecule has 2 heterocycles. The first-order valence-corrected chi connectivity index (χ1v) is 9.83. The number of nitrogens with one attached hydrogen (secondary N) is 1. The standard InChI is InChI=1S/C22H15BrClN3/c23-16-5-3-4-15(12-16)21-13-19(14-8-10-17(24)11-9-14)26-22-25-18-6-1-2-7-20(18)27(21)22/h1-13,21H,(H,25,26)/t21-/m0/s1. The van der Waals surface area contributed by atoms with Crippen molar-refractivity contribution in [1.82, 2.24) is 9.55 Å². The molecule has 5 heteroatoms. The number of rotatable bonds is 2. The summed E-state index contributed by atoms with van der Waals surface area (Å²) in [6.07, 6.45) is 2.24. The fraction of sp³-hybridized carbons (Fsp3) is 0.0455. The molecular formula is C22H15BrClN3. The molecule has 0 fully saturated rings. The summed E-state index contributed by atoms with van der Waals surface area (Å²) in [5.74, 6) is 0.841. The Morgan fingerprint density at radius 1 is 0.963 bits per heavy atom. The Bertz CT molecular complexity index is 1180. The number of aromatic nitrogens is 2. The lowest BCUT2D eigenvalue weighted by Gasteiger charge is -2.26. The third kappa shape index (κ3) is 2.95. The molecule has 0 amide bonds. The lowest BCUT2D eigenvalue weighted by molar-refractivity contribution is 0.720. The molecule has 3 aromatic carbocycles. The van der Waals surface area contributed by atoms with Crippen molar-refractivity contribution in [2.24, 2.45) is 0 Å². The van der Waals surface area contributed by atoms with Crippen molar-refractivity contribution in [3.63, 3.8) is 0 Å². The maximum Gasteiger partial charge on any atom is 0.209 e. The largest absolute Gasteiger partial charge is 0.325 e. The third-order valence-electron chi connectivity index (χ3n) is 4.79. The van der Waals surface area contributed by atoms with Crippen molar-refractivity contribution < 1.29 is 0 Å². The Morgan fingerprint density at radius 3 is 2.59 bits per heavy atom. The van der Waals surface area contributed by atoms with E-state index in [0.29, 0.717) is 0 Å². The molecule has 3 nitrogen and oxygen atoms in total. The summed E-state index contributed by atoms with van der Waals surface area (Å²) >= 11 is 9.67. The monoisotopic (exact) mass is 435 g/mol. The summed E-state index contributed by atoms with van der Waals surface area (Å²) in [5.41, 5.74) is 5.39. The van der Waals surface area contributed by atoms with Crippen LogP contribution in [0.2, 0.25) is 5.02 Å². The number of imidazole rings is 1. The quantitative estimate of drug-likeness (QED) is 0.388. The van der Waals surface area contributed by atoms with Gasteiger partial charge in [0.1, 0.15) is 0 Å². The van der Waals surface area contributed by atoms with Crippen LogP contribution < -0.4 is 5.32 Å². The molecule has 1 aromatic heterocycles. The summed E-state index contributed by atoms with van der Waals surface area (Å²) < 4.78 is 3.31. The van der Waals surface area contributed by atoms with Gasteiger partial charge in [0.15, 0.2) is 0 Å². The van der Waals surface area contributed by atoms with Crippen LogP contribution in [0.25, 0.3) is 16.7 Å². The van der Waals surface area contributed by atoms with Gasteiger partial charge in [0, 0.05) is 15.2 Å². The van der Waals surface area contributed by atoms with E-state index in [4.69, 9.17) is 16.6 Å². The first-order chi connectivity index (χ1) is 13.2. The van der Waals surface area contributed by atoms with Gasteiger partial charge in [-0.1, -0.05) is 63.9 Å². The SMILES string of the molecule is Clc1ccc(C2=C[C@@H](c3cccc(Br)c3)n3c(nc4ccccc43)N2)cc1. The molecule has 27 heavy (non-hydrogen) atoms. The van der Waals surface area contributed by atoms with Crippen LogP contribution in [0.15, 0.2) is 83.3 Å². The van der Waals surface area contributed by atoms with Crippen molar-refractivity contribution >= 4 is 50.2 Å². The average molecular weight is 437 g/mol. The van der Waals surface area contributed by atoms with E-state index < -0.39 is 0 Å². The topological polar surface area (TPSA) is 29.9 Å². The summed E-state index contributed by atoms with van der Waals surface area (Å²) in [4.78, 5) is 4.82. The average Bonchev–Trinajstić information content (AvgIpc) is 3.06. The molecular weight excluding hydrogens is 422 g/mol. The lowest BCUT2D eigenvalue weighted by atomic mass is 10.0. The van der Waals surface area contributed by atoms with Crippen LogP contribution in [-0.4, -0.2) is 9.55 Å². The Hall–Kier alpha value is -2.56. The molecule has 1 aliphatic rings. The van der Waals surface area contributed by atoms with Crippen LogP contribution in [0.5, 0.6) is 0 Å². The zero-order valence-corrected chi connectivity index (χ0v) is 16.6. The minimum Gasteiger partial charge on any atom is -0.325 e. The van der Waals surface area contributed by atoms with Gasteiger partial charge in [0.2, 0.25) is 5.95 Å². The van der Waals surface area contributed by atoms with E-state index in [1.165, 1.54) is 5.56 Å². The highest BCUT2D eigenvalue weighted by atomic mass is 79.9. The zero-order chi connectivity index (χ0) is 18.4. The van der Waals surface area contributed by atoms with E-state index in [2.05, 4.69) is 56.2 Å². The summed E-state index contributed by atoms with van der Waals surface area (Å²) in [7, 11) is 0. The highest BCUT2D eigenvalue weighted by molar-refractivity contribution is 9.10. The second-order valence-corrected chi connectivity index (χ2v) is 7.86. The molecule has 0 spiro atoms. The number of nitrogens with zero attached hydrogens (tertiary/aromatic N) is 2. The maximum atomic E-state index is 6.07. The Morgan fingerprint density at radius 2 is 1.78 bits per heavy atom. The van der Waals surface area contributed by atoms with Crippen LogP contribution >= 0.6 is 27.5 Å². The first-order valence-electron chi connectivity index (χ1n) is 8.66. The number of anilines is 1. The summed E-state index contributed by atoms with van der Waals surface area (Å²) in [5, 5.41) is 4.22. The molecule has 5 rings (SSSR count). The highest BCUT2D eigenvalue weighted by Crippen LogP contribution is 2.37. The van der Waals surface area contributed by atoms with Gasteiger partial charge in [0.25, 0.3) is 0 Å². The Kier molecular flexibility index (Phi) is 4.03. The molecule has 4 aromatic rings. The van der Waals surface area contributed by atoms with Crippen molar-refractivity contribution in [1.29, 1.82) is 0 Å². The molecule has 1 aliphatic heterocycles. The van der Waals surface area contributed by atoms with Gasteiger partial charge < -0.3 is 5.32 Å². The normalized spacial score (nSPS) is 15.9. The fourth-order valence-electron chi connectivity index (χ4n) is 3.54. The molecule has 0 saturated carbocycles. The number of fused-ring (bicyclic) bond motifs is 3. The van der Waals surface area contributed by atoms with Gasteiger partial charge in [-0.15, -0.1) is 0 Å². The maximum absolute atomic E-state index is 6.07. The van der Waals surface area contributed by atoms with Crippen LogP contribution in [0.1, 0.15) is 17.2 Å². The Balaban J connectivity index is 1.72.